The summed E-state index contributed by atoms with van der Waals surface area (Å²) in [4.78, 5) is 0. The first-order chi connectivity index (χ1) is 9.25. The van der Waals surface area contributed by atoms with Gasteiger partial charge in [-0.15, -0.1) is 24.8 Å². The molecule has 0 aromatic carbocycles. The Hall–Kier alpha value is 0.471. The molecule has 0 fully saturated rings. The Kier molecular flexibility index (Phi) is 8.72. The average molecular weight is 393 g/mol. The Morgan fingerprint density at radius 3 is 1.27 bits per heavy atom. The van der Waals surface area contributed by atoms with Crippen molar-refractivity contribution >= 4 is 31.0 Å². The van der Waals surface area contributed by atoms with Crippen molar-refractivity contribution in [2.75, 3.05) is 0 Å². The predicted molar refractivity (Wildman–Crippen MR) is 103 cm³/mol. The third-order valence-corrected chi connectivity index (χ3v) is 17.1. The van der Waals surface area contributed by atoms with E-state index in [2.05, 4.69) is 66.8 Å². The number of rotatable bonds is 2. The van der Waals surface area contributed by atoms with E-state index in [-0.39, 0.29) is 31.0 Å². The Morgan fingerprint density at radius 2 is 1.09 bits per heavy atom. The molecule has 0 heterocycles. The van der Waals surface area contributed by atoms with Crippen LogP contribution < -0.4 is 0 Å². The molecule has 0 saturated heterocycles. The van der Waals surface area contributed by atoms with Crippen LogP contribution in [-0.4, -0.2) is 6.19 Å². The molecule has 0 aliphatic heterocycles. The summed E-state index contributed by atoms with van der Waals surface area (Å²) in [6, 6.07) is 0. The molecule has 0 aromatic heterocycles. The van der Waals surface area contributed by atoms with Crippen molar-refractivity contribution in [3.05, 3.63) is 42.2 Å². The van der Waals surface area contributed by atoms with E-state index in [9.17, 15) is 0 Å². The maximum absolute atomic E-state index is 2.56. The fourth-order valence-corrected chi connectivity index (χ4v) is 17.3. The molecule has 124 valence electrons. The number of hydrogen-bond acceptors (Lipinski definition) is 0. The van der Waals surface area contributed by atoms with E-state index in [4.69, 9.17) is 0 Å². The van der Waals surface area contributed by atoms with Crippen LogP contribution in [0, 0.1) is 11.8 Å². The normalized spacial score (nSPS) is 23.8. The van der Waals surface area contributed by atoms with Crippen molar-refractivity contribution < 1.29 is 16.6 Å². The molecule has 2 atom stereocenters. The first-order valence-corrected chi connectivity index (χ1v) is 14.1. The molecular weight excluding hydrogens is 363 g/mol. The van der Waals surface area contributed by atoms with Gasteiger partial charge in [-0.3, -0.25) is 0 Å². The molecular formula is C18H30Cl2SiTi. The van der Waals surface area contributed by atoms with Crippen LogP contribution in [0.2, 0.25) is 13.1 Å². The van der Waals surface area contributed by atoms with Gasteiger partial charge in [-0.2, -0.15) is 0 Å². The molecule has 2 rings (SSSR count). The summed E-state index contributed by atoms with van der Waals surface area (Å²) in [6.07, 6.45) is 4.77. The summed E-state index contributed by atoms with van der Waals surface area (Å²) in [5, 5.41) is 0. The molecule has 0 nitrogen and oxygen atoms in total. The van der Waals surface area contributed by atoms with Crippen LogP contribution in [0.25, 0.3) is 0 Å². The van der Waals surface area contributed by atoms with Gasteiger partial charge in [-0.05, 0) is 0 Å². The van der Waals surface area contributed by atoms with E-state index in [1.165, 1.54) is 11.1 Å². The minimum Gasteiger partial charge on any atom is -0.147 e. The minimum absolute atomic E-state index is 0. The first-order valence-electron chi connectivity index (χ1n) is 7.73. The molecule has 0 aromatic rings. The average Bonchev–Trinajstić information content (AvgIpc) is 2.72. The largest absolute Gasteiger partial charge is 0.147 e. The summed E-state index contributed by atoms with van der Waals surface area (Å²) in [6.45, 7) is 19.3. The van der Waals surface area contributed by atoms with E-state index in [1.54, 1.807) is 11.1 Å². The van der Waals surface area contributed by atoms with Crippen molar-refractivity contribution in [2.45, 2.75) is 54.6 Å². The van der Waals surface area contributed by atoms with Gasteiger partial charge in [0.15, 0.2) is 0 Å². The van der Waals surface area contributed by atoms with E-state index >= 15 is 0 Å². The Bertz CT molecular complexity index is 569. The first kappa shape index (κ1) is 22.5. The molecule has 2 aliphatic carbocycles. The van der Waals surface area contributed by atoms with Crippen LogP contribution >= 0.6 is 24.8 Å². The molecule has 0 bridgehead atoms. The van der Waals surface area contributed by atoms with Crippen LogP contribution in [0.1, 0.15) is 41.5 Å². The topological polar surface area (TPSA) is 0 Å². The molecule has 0 amide bonds. The smallest absolute Gasteiger partial charge is 0.147 e. The van der Waals surface area contributed by atoms with Crippen molar-refractivity contribution in [3.63, 3.8) is 0 Å². The fraction of sp³-hybridized carbons (Fsp3) is 0.556. The summed E-state index contributed by atoms with van der Waals surface area (Å²) in [5.41, 5.74) is 6.34. The maximum atomic E-state index is 2.56. The van der Waals surface area contributed by atoms with Gasteiger partial charge in [0, 0.05) is 0 Å². The van der Waals surface area contributed by atoms with E-state index in [0.717, 1.165) is 0 Å². The zero-order chi connectivity index (χ0) is 15.2. The van der Waals surface area contributed by atoms with Crippen molar-refractivity contribution in [1.82, 2.24) is 0 Å². The van der Waals surface area contributed by atoms with Crippen LogP contribution in [-0.2, 0) is 16.6 Å². The van der Waals surface area contributed by atoms with Crippen LogP contribution in [0.3, 0.4) is 0 Å². The summed E-state index contributed by atoms with van der Waals surface area (Å²) < 4.78 is 3.76. The van der Waals surface area contributed by atoms with Gasteiger partial charge in [0.2, 0.25) is 0 Å². The molecule has 4 heteroatoms. The van der Waals surface area contributed by atoms with Crippen molar-refractivity contribution in [1.29, 1.82) is 0 Å². The monoisotopic (exact) mass is 392 g/mol. The van der Waals surface area contributed by atoms with E-state index in [1.807, 2.05) is 7.76 Å². The summed E-state index contributed by atoms with van der Waals surface area (Å²) in [5.74, 6) is 1.39. The van der Waals surface area contributed by atoms with E-state index in [0.29, 0.717) is 11.8 Å². The number of allylic oxidation sites excluding steroid dienone is 8. The zero-order valence-electron chi connectivity index (χ0n) is 15.1. The van der Waals surface area contributed by atoms with Crippen LogP contribution in [0.5, 0.6) is 0 Å². The Morgan fingerprint density at radius 1 is 0.773 bits per heavy atom. The molecule has 2 unspecified atom stereocenters. The molecule has 0 N–H and O–H groups in total. The second-order valence-corrected chi connectivity index (χ2v) is 18.3. The van der Waals surface area contributed by atoms with Crippen molar-refractivity contribution in [3.8, 4) is 0 Å². The molecule has 22 heavy (non-hydrogen) atoms. The summed E-state index contributed by atoms with van der Waals surface area (Å²) in [7, 11) is 0. The second-order valence-electron chi connectivity index (χ2n) is 6.73. The molecule has 0 spiro atoms. The fourth-order valence-electron chi connectivity index (χ4n) is 3.79. The standard InChI is InChI=1S/2C8H11.C2H6Si.2ClH.Ti/c2*1-6-4-7(2)8(3)5-6;1-3-2;;;/h2*4,6H,1-3H3;1-2H3;2*1H;. The third kappa shape index (κ3) is 3.92. The van der Waals surface area contributed by atoms with Gasteiger partial charge >= 0.3 is 131 Å². The van der Waals surface area contributed by atoms with Crippen LogP contribution in [0.4, 0.5) is 0 Å². The second kappa shape index (κ2) is 8.53. The van der Waals surface area contributed by atoms with Gasteiger partial charge in [-0.25, -0.2) is 0 Å². The molecule has 0 saturated carbocycles. The molecule has 2 aliphatic rings. The van der Waals surface area contributed by atoms with Gasteiger partial charge in [0.05, 0.1) is 0 Å². The van der Waals surface area contributed by atoms with E-state index < -0.39 is 16.6 Å². The van der Waals surface area contributed by atoms with Gasteiger partial charge in [0.1, 0.15) is 0 Å². The van der Waals surface area contributed by atoms with Gasteiger partial charge in [-0.1, -0.05) is 0 Å². The van der Waals surface area contributed by atoms with Crippen LogP contribution in [0.15, 0.2) is 42.2 Å². The third-order valence-electron chi connectivity index (χ3n) is 4.94. The quantitative estimate of drug-likeness (QED) is 0.474. The zero-order valence-corrected chi connectivity index (χ0v) is 19.3. The van der Waals surface area contributed by atoms with Crippen molar-refractivity contribution in [2.24, 2.45) is 11.8 Å². The Labute approximate surface area is 155 Å². The Balaban J connectivity index is 0.00000220. The minimum atomic E-state index is -1.30. The predicted octanol–water partition coefficient (Wildman–Crippen LogP) is 6.44. The van der Waals surface area contributed by atoms with Gasteiger partial charge in [0.25, 0.3) is 0 Å². The summed E-state index contributed by atoms with van der Waals surface area (Å²) >= 11 is -1.30. The van der Waals surface area contributed by atoms with Gasteiger partial charge < -0.3 is 0 Å². The molecule has 0 radical (unpaired) electrons. The SMILES string of the molecule is CC1=CC(C)[C]([Ti]([C]2=C(C)C(C)=CC2C)=[Si](C)C)=C1C.Cl.Cl. The maximum Gasteiger partial charge on any atom is -0.147 e. The number of hydrogen-bond donors (Lipinski definition) is 0. The number of halogens is 2.